The molecule has 0 atom stereocenters. The van der Waals surface area contributed by atoms with Gasteiger partial charge >= 0.3 is 0 Å². The van der Waals surface area contributed by atoms with Crippen molar-refractivity contribution in [2.75, 3.05) is 0 Å². The van der Waals surface area contributed by atoms with Crippen LogP contribution >= 0.6 is 23.2 Å². The van der Waals surface area contributed by atoms with Gasteiger partial charge in [0.25, 0.3) is 0 Å². The highest BCUT2D eigenvalue weighted by atomic mass is 35.5. The number of aromatic amines is 1. The van der Waals surface area contributed by atoms with E-state index in [1.165, 1.54) is 0 Å². The number of H-pyrrole nitrogens is 1. The van der Waals surface area contributed by atoms with E-state index < -0.39 is 0 Å². The zero-order valence-electron chi connectivity index (χ0n) is 8.00. The summed E-state index contributed by atoms with van der Waals surface area (Å²) in [6, 6.07) is 8.99. The number of hydrogen-bond acceptors (Lipinski definition) is 2. The van der Waals surface area contributed by atoms with E-state index >= 15 is 0 Å². The van der Waals surface area contributed by atoms with Crippen LogP contribution in [-0.2, 0) is 0 Å². The molecule has 0 aliphatic heterocycles. The van der Waals surface area contributed by atoms with Crippen molar-refractivity contribution in [2.24, 2.45) is 0 Å². The Morgan fingerprint density at radius 3 is 2.69 bits per heavy atom. The maximum absolute atomic E-state index is 6.02. The zero-order valence-corrected chi connectivity index (χ0v) is 9.51. The summed E-state index contributed by atoms with van der Waals surface area (Å²) in [4.78, 5) is 7.47. The summed E-state index contributed by atoms with van der Waals surface area (Å²) in [7, 11) is 0. The van der Waals surface area contributed by atoms with Crippen LogP contribution in [0.3, 0.4) is 0 Å². The first-order valence-electron chi connectivity index (χ1n) is 4.64. The summed E-state index contributed by atoms with van der Waals surface area (Å²) < 4.78 is 5.27. The minimum atomic E-state index is 0.335. The van der Waals surface area contributed by atoms with Crippen molar-refractivity contribution in [3.63, 3.8) is 0 Å². The molecule has 0 spiro atoms. The van der Waals surface area contributed by atoms with Gasteiger partial charge in [-0.2, -0.15) is 0 Å². The number of hydrogen-bond donors (Lipinski definition) is 1. The SMILES string of the molecule is Clc1ccc(-c2nc3c(Cl)cccc3[nH]2)o1. The molecule has 0 bridgehead atoms. The average Bonchev–Trinajstić information content (AvgIpc) is 2.84. The van der Waals surface area contributed by atoms with Crippen molar-refractivity contribution in [1.29, 1.82) is 0 Å². The van der Waals surface area contributed by atoms with E-state index in [1.54, 1.807) is 18.2 Å². The first-order chi connectivity index (χ1) is 7.74. The van der Waals surface area contributed by atoms with Gasteiger partial charge in [0, 0.05) is 0 Å². The molecule has 0 saturated carbocycles. The van der Waals surface area contributed by atoms with Gasteiger partial charge < -0.3 is 9.40 Å². The maximum Gasteiger partial charge on any atom is 0.194 e. The van der Waals surface area contributed by atoms with E-state index in [1.807, 2.05) is 12.1 Å². The molecule has 5 heteroatoms. The second-order valence-corrected chi connectivity index (χ2v) is 4.10. The predicted molar refractivity (Wildman–Crippen MR) is 63.8 cm³/mol. The van der Waals surface area contributed by atoms with Crippen molar-refractivity contribution in [3.8, 4) is 11.6 Å². The van der Waals surface area contributed by atoms with E-state index in [-0.39, 0.29) is 0 Å². The molecule has 2 aromatic heterocycles. The number of halogens is 2. The fourth-order valence-electron chi connectivity index (χ4n) is 1.56. The summed E-state index contributed by atoms with van der Waals surface area (Å²) in [5.74, 6) is 1.22. The standard InChI is InChI=1S/C11H6Cl2N2O/c12-6-2-1-3-7-10(6)15-11(14-7)8-4-5-9(13)16-8/h1-5H,(H,14,15). The van der Waals surface area contributed by atoms with Crippen molar-refractivity contribution in [1.82, 2.24) is 9.97 Å². The fraction of sp³-hybridized carbons (Fsp3) is 0. The summed E-state index contributed by atoms with van der Waals surface area (Å²) in [6.07, 6.45) is 0. The van der Waals surface area contributed by atoms with Crippen LogP contribution in [0.1, 0.15) is 0 Å². The molecule has 80 valence electrons. The monoisotopic (exact) mass is 252 g/mol. The second-order valence-electron chi connectivity index (χ2n) is 3.33. The molecule has 3 rings (SSSR count). The lowest BCUT2D eigenvalue weighted by Gasteiger charge is -1.88. The molecule has 0 saturated heterocycles. The molecular weight excluding hydrogens is 247 g/mol. The molecule has 0 unspecified atom stereocenters. The van der Waals surface area contributed by atoms with Crippen molar-refractivity contribution in [3.05, 3.63) is 40.6 Å². The molecule has 3 aromatic rings. The lowest BCUT2D eigenvalue weighted by atomic mass is 10.3. The minimum Gasteiger partial charge on any atom is -0.441 e. The smallest absolute Gasteiger partial charge is 0.194 e. The summed E-state index contributed by atoms with van der Waals surface area (Å²) in [5.41, 5.74) is 1.60. The van der Waals surface area contributed by atoms with Crippen LogP contribution < -0.4 is 0 Å². The Labute approximate surface area is 101 Å². The number of nitrogens with zero attached hydrogens (tertiary/aromatic N) is 1. The van der Waals surface area contributed by atoms with E-state index in [4.69, 9.17) is 27.6 Å². The molecule has 3 nitrogen and oxygen atoms in total. The first-order valence-corrected chi connectivity index (χ1v) is 5.39. The molecule has 0 amide bonds. The van der Waals surface area contributed by atoms with Gasteiger partial charge in [0.05, 0.1) is 10.5 Å². The van der Waals surface area contributed by atoms with Gasteiger partial charge in [-0.05, 0) is 35.9 Å². The summed E-state index contributed by atoms with van der Waals surface area (Å²) in [5, 5.41) is 0.944. The molecule has 0 aliphatic rings. The Morgan fingerprint density at radius 2 is 2.00 bits per heavy atom. The largest absolute Gasteiger partial charge is 0.441 e. The quantitative estimate of drug-likeness (QED) is 0.708. The number of imidazole rings is 1. The number of rotatable bonds is 1. The van der Waals surface area contributed by atoms with Crippen molar-refractivity contribution < 1.29 is 4.42 Å². The molecule has 0 fully saturated rings. The third-order valence-corrected chi connectivity index (χ3v) is 2.78. The Bertz CT molecular complexity index is 657. The van der Waals surface area contributed by atoms with Crippen LogP contribution in [0.4, 0.5) is 0 Å². The summed E-state index contributed by atoms with van der Waals surface area (Å²) in [6.45, 7) is 0. The Kier molecular flexibility index (Phi) is 2.16. The zero-order chi connectivity index (χ0) is 11.1. The number of aromatic nitrogens is 2. The first kappa shape index (κ1) is 9.75. The number of benzene rings is 1. The molecule has 1 N–H and O–H groups in total. The second kappa shape index (κ2) is 3.54. The third kappa shape index (κ3) is 1.49. The summed E-state index contributed by atoms with van der Waals surface area (Å²) >= 11 is 11.7. The number of furan rings is 1. The van der Waals surface area contributed by atoms with E-state index in [9.17, 15) is 0 Å². The molecule has 0 aliphatic carbocycles. The van der Waals surface area contributed by atoms with Gasteiger partial charge in [-0.3, -0.25) is 0 Å². The van der Waals surface area contributed by atoms with Gasteiger partial charge in [-0.1, -0.05) is 17.7 Å². The van der Waals surface area contributed by atoms with Crippen molar-refractivity contribution in [2.45, 2.75) is 0 Å². The van der Waals surface area contributed by atoms with Gasteiger partial charge in [0.1, 0.15) is 5.52 Å². The lowest BCUT2D eigenvalue weighted by Crippen LogP contribution is -1.74. The normalized spacial score (nSPS) is 11.1. The van der Waals surface area contributed by atoms with Crippen LogP contribution in [-0.4, -0.2) is 9.97 Å². The number of fused-ring (bicyclic) bond motifs is 1. The van der Waals surface area contributed by atoms with Crippen LogP contribution in [0, 0.1) is 0 Å². The van der Waals surface area contributed by atoms with Crippen LogP contribution in [0.15, 0.2) is 34.7 Å². The van der Waals surface area contributed by atoms with Gasteiger partial charge in [0.2, 0.25) is 0 Å². The highest BCUT2D eigenvalue weighted by Gasteiger charge is 2.10. The van der Waals surface area contributed by atoms with Crippen molar-refractivity contribution >= 4 is 34.2 Å². The van der Waals surface area contributed by atoms with Gasteiger partial charge in [-0.25, -0.2) is 4.98 Å². The van der Waals surface area contributed by atoms with Crippen LogP contribution in [0.5, 0.6) is 0 Å². The Morgan fingerprint density at radius 1 is 1.12 bits per heavy atom. The Balaban J connectivity index is 2.22. The topological polar surface area (TPSA) is 41.8 Å². The molecular formula is C11H6Cl2N2O. The number of para-hydroxylation sites is 1. The lowest BCUT2D eigenvalue weighted by molar-refractivity contribution is 0.580. The maximum atomic E-state index is 6.02. The molecule has 0 radical (unpaired) electrons. The molecule has 1 aromatic carbocycles. The highest BCUT2D eigenvalue weighted by Crippen LogP contribution is 2.27. The minimum absolute atomic E-state index is 0.335. The third-order valence-electron chi connectivity index (χ3n) is 2.27. The Hall–Kier alpha value is -1.45. The van der Waals surface area contributed by atoms with E-state index in [2.05, 4.69) is 9.97 Å². The van der Waals surface area contributed by atoms with Crippen LogP contribution in [0.2, 0.25) is 10.2 Å². The average molecular weight is 253 g/mol. The van der Waals surface area contributed by atoms with Crippen LogP contribution in [0.25, 0.3) is 22.6 Å². The van der Waals surface area contributed by atoms with Gasteiger partial charge in [0.15, 0.2) is 16.8 Å². The predicted octanol–water partition coefficient (Wildman–Crippen LogP) is 4.13. The molecule has 16 heavy (non-hydrogen) atoms. The van der Waals surface area contributed by atoms with Gasteiger partial charge in [-0.15, -0.1) is 0 Å². The van der Waals surface area contributed by atoms with E-state index in [0.29, 0.717) is 21.8 Å². The molecule has 2 heterocycles. The highest BCUT2D eigenvalue weighted by molar-refractivity contribution is 6.35. The fourth-order valence-corrected chi connectivity index (χ4v) is 1.92. The number of nitrogens with one attached hydrogen (secondary N) is 1. The van der Waals surface area contributed by atoms with E-state index in [0.717, 1.165) is 11.0 Å².